The van der Waals surface area contributed by atoms with Gasteiger partial charge in [-0.15, -0.1) is 0 Å². The second kappa shape index (κ2) is 4.55. The number of hydrogen-bond donors (Lipinski definition) is 1. The number of nitrogens with zero attached hydrogens (tertiary/aromatic N) is 3. The molecule has 0 radical (unpaired) electrons. The van der Waals surface area contributed by atoms with E-state index in [0.29, 0.717) is 30.1 Å². The summed E-state index contributed by atoms with van der Waals surface area (Å²) in [5, 5.41) is 13.5. The first-order chi connectivity index (χ1) is 9.72. The SMILES string of the molecule is O=C(O)C1C2CCCC2CN1Cc1noc(C2CC2)n1. The Morgan fingerprint density at radius 3 is 2.95 bits per heavy atom. The summed E-state index contributed by atoms with van der Waals surface area (Å²) in [6, 6.07) is -0.370. The van der Waals surface area contributed by atoms with Crippen LogP contribution in [0, 0.1) is 11.8 Å². The predicted octanol–water partition coefficient (Wildman–Crippen LogP) is 1.63. The highest BCUT2D eigenvalue weighted by atomic mass is 16.5. The number of carboxylic acid groups (broad SMARTS) is 1. The summed E-state index contributed by atoms with van der Waals surface area (Å²) in [7, 11) is 0. The van der Waals surface area contributed by atoms with Gasteiger partial charge in [0.25, 0.3) is 0 Å². The zero-order valence-corrected chi connectivity index (χ0v) is 11.4. The number of aromatic nitrogens is 2. The fraction of sp³-hybridized carbons (Fsp3) is 0.786. The van der Waals surface area contributed by atoms with Crippen molar-refractivity contribution in [3.63, 3.8) is 0 Å². The molecular weight excluding hydrogens is 258 g/mol. The van der Waals surface area contributed by atoms with E-state index in [0.717, 1.165) is 38.1 Å². The van der Waals surface area contributed by atoms with Crippen LogP contribution in [0.5, 0.6) is 0 Å². The van der Waals surface area contributed by atoms with Crippen LogP contribution in [0.3, 0.4) is 0 Å². The second-order valence-electron chi connectivity index (χ2n) is 6.39. The molecule has 2 heterocycles. The summed E-state index contributed by atoms with van der Waals surface area (Å²) in [6.07, 6.45) is 5.63. The Bertz CT molecular complexity index is 525. The monoisotopic (exact) mass is 277 g/mol. The minimum absolute atomic E-state index is 0.308. The molecule has 2 saturated carbocycles. The molecule has 3 atom stereocenters. The predicted molar refractivity (Wildman–Crippen MR) is 68.9 cm³/mol. The van der Waals surface area contributed by atoms with Crippen molar-refractivity contribution in [2.45, 2.75) is 50.6 Å². The Morgan fingerprint density at radius 1 is 1.35 bits per heavy atom. The van der Waals surface area contributed by atoms with E-state index >= 15 is 0 Å². The molecular formula is C14H19N3O3. The third-order valence-electron chi connectivity index (χ3n) is 4.99. The molecule has 6 heteroatoms. The molecule has 1 saturated heterocycles. The number of carbonyl (C=O) groups is 1. The molecule has 3 fully saturated rings. The lowest BCUT2D eigenvalue weighted by Crippen LogP contribution is -2.39. The van der Waals surface area contributed by atoms with E-state index < -0.39 is 5.97 Å². The average molecular weight is 277 g/mol. The van der Waals surface area contributed by atoms with Crippen LogP contribution < -0.4 is 0 Å². The summed E-state index contributed by atoms with van der Waals surface area (Å²) in [6.45, 7) is 1.36. The van der Waals surface area contributed by atoms with Gasteiger partial charge in [-0.25, -0.2) is 0 Å². The third-order valence-corrected chi connectivity index (χ3v) is 4.99. The molecule has 0 aromatic carbocycles. The summed E-state index contributed by atoms with van der Waals surface area (Å²) in [5.74, 6) is 1.95. The molecule has 108 valence electrons. The van der Waals surface area contributed by atoms with E-state index in [1.807, 2.05) is 4.90 Å². The molecule has 3 unspecified atom stereocenters. The number of rotatable bonds is 4. The summed E-state index contributed by atoms with van der Waals surface area (Å²) in [5.41, 5.74) is 0. The van der Waals surface area contributed by atoms with E-state index in [1.54, 1.807) is 0 Å². The van der Waals surface area contributed by atoms with Gasteiger partial charge in [-0.1, -0.05) is 11.6 Å². The van der Waals surface area contributed by atoms with E-state index in [4.69, 9.17) is 4.52 Å². The van der Waals surface area contributed by atoms with Crippen molar-refractivity contribution in [3.05, 3.63) is 11.7 Å². The van der Waals surface area contributed by atoms with Crippen LogP contribution >= 0.6 is 0 Å². The van der Waals surface area contributed by atoms with Gasteiger partial charge in [0.2, 0.25) is 5.89 Å². The van der Waals surface area contributed by atoms with Crippen molar-refractivity contribution in [1.29, 1.82) is 0 Å². The van der Waals surface area contributed by atoms with E-state index in [9.17, 15) is 9.90 Å². The van der Waals surface area contributed by atoms with Gasteiger partial charge in [0.1, 0.15) is 6.04 Å². The molecule has 1 N–H and O–H groups in total. The molecule has 1 aromatic rings. The summed E-state index contributed by atoms with van der Waals surface area (Å²) in [4.78, 5) is 18.0. The first kappa shape index (κ1) is 12.3. The lowest BCUT2D eigenvalue weighted by Gasteiger charge is -2.22. The summed E-state index contributed by atoms with van der Waals surface area (Å²) < 4.78 is 5.25. The Kier molecular flexibility index (Phi) is 2.80. The maximum atomic E-state index is 11.6. The standard InChI is InChI=1S/C14H19N3O3/c18-14(19)12-10-3-1-2-9(10)6-17(12)7-11-15-13(20-16-11)8-4-5-8/h8-10,12H,1-7H2,(H,18,19). The van der Waals surface area contributed by atoms with Gasteiger partial charge in [0, 0.05) is 12.5 Å². The maximum Gasteiger partial charge on any atom is 0.321 e. The second-order valence-corrected chi connectivity index (χ2v) is 6.39. The highest BCUT2D eigenvalue weighted by molar-refractivity contribution is 5.74. The van der Waals surface area contributed by atoms with E-state index in [-0.39, 0.29) is 6.04 Å². The van der Waals surface area contributed by atoms with Gasteiger partial charge < -0.3 is 9.63 Å². The number of hydrogen-bond acceptors (Lipinski definition) is 5. The quantitative estimate of drug-likeness (QED) is 0.901. The van der Waals surface area contributed by atoms with Gasteiger partial charge in [0.05, 0.1) is 6.54 Å². The Hall–Kier alpha value is -1.43. The van der Waals surface area contributed by atoms with Crippen LogP contribution in [-0.4, -0.2) is 38.7 Å². The lowest BCUT2D eigenvalue weighted by molar-refractivity contribution is -0.143. The van der Waals surface area contributed by atoms with Gasteiger partial charge >= 0.3 is 5.97 Å². The highest BCUT2D eigenvalue weighted by Gasteiger charge is 2.47. The largest absolute Gasteiger partial charge is 0.480 e. The summed E-state index contributed by atoms with van der Waals surface area (Å²) >= 11 is 0. The molecule has 3 aliphatic rings. The molecule has 1 aliphatic heterocycles. The van der Waals surface area contributed by atoms with Crippen LogP contribution in [-0.2, 0) is 11.3 Å². The van der Waals surface area contributed by atoms with Crippen molar-refractivity contribution in [2.75, 3.05) is 6.54 Å². The van der Waals surface area contributed by atoms with Crippen LogP contribution in [0.4, 0.5) is 0 Å². The lowest BCUT2D eigenvalue weighted by atomic mass is 9.94. The molecule has 0 spiro atoms. The number of fused-ring (bicyclic) bond motifs is 1. The molecule has 2 aliphatic carbocycles. The van der Waals surface area contributed by atoms with Crippen molar-refractivity contribution < 1.29 is 14.4 Å². The molecule has 6 nitrogen and oxygen atoms in total. The van der Waals surface area contributed by atoms with E-state index in [1.165, 1.54) is 6.42 Å². The molecule has 0 bridgehead atoms. The first-order valence-electron chi connectivity index (χ1n) is 7.51. The van der Waals surface area contributed by atoms with Crippen LogP contribution in [0.25, 0.3) is 0 Å². The van der Waals surface area contributed by atoms with Gasteiger partial charge in [-0.05, 0) is 37.5 Å². The minimum atomic E-state index is -0.703. The molecule has 1 aromatic heterocycles. The van der Waals surface area contributed by atoms with Crippen LogP contribution in [0.1, 0.15) is 49.7 Å². The smallest absolute Gasteiger partial charge is 0.321 e. The number of carboxylic acids is 1. The highest BCUT2D eigenvalue weighted by Crippen LogP contribution is 2.43. The normalized spacial score (nSPS) is 33.5. The maximum absolute atomic E-state index is 11.6. The third kappa shape index (κ3) is 2.02. The zero-order valence-electron chi connectivity index (χ0n) is 11.4. The Morgan fingerprint density at radius 2 is 2.20 bits per heavy atom. The van der Waals surface area contributed by atoms with E-state index in [2.05, 4.69) is 10.1 Å². The van der Waals surface area contributed by atoms with Gasteiger partial charge in [-0.3, -0.25) is 9.69 Å². The van der Waals surface area contributed by atoms with Crippen LogP contribution in [0.15, 0.2) is 4.52 Å². The fourth-order valence-electron chi connectivity index (χ4n) is 3.91. The van der Waals surface area contributed by atoms with Crippen molar-refractivity contribution in [1.82, 2.24) is 15.0 Å². The molecule has 4 rings (SSSR count). The Labute approximate surface area is 117 Å². The van der Waals surface area contributed by atoms with Crippen molar-refractivity contribution >= 4 is 5.97 Å². The minimum Gasteiger partial charge on any atom is -0.480 e. The van der Waals surface area contributed by atoms with Crippen molar-refractivity contribution in [2.24, 2.45) is 11.8 Å². The topological polar surface area (TPSA) is 79.5 Å². The van der Waals surface area contributed by atoms with Crippen molar-refractivity contribution in [3.8, 4) is 0 Å². The van der Waals surface area contributed by atoms with Gasteiger partial charge in [0.15, 0.2) is 5.82 Å². The Balaban J connectivity index is 1.50. The average Bonchev–Trinajstić information content (AvgIpc) is 2.82. The molecule has 0 amide bonds. The first-order valence-corrected chi connectivity index (χ1v) is 7.51. The van der Waals surface area contributed by atoms with Gasteiger partial charge in [-0.2, -0.15) is 4.98 Å². The molecule has 20 heavy (non-hydrogen) atoms. The van der Waals surface area contributed by atoms with Crippen LogP contribution in [0.2, 0.25) is 0 Å². The zero-order chi connectivity index (χ0) is 13.7. The number of aliphatic carboxylic acids is 1. The fourth-order valence-corrected chi connectivity index (χ4v) is 3.91. The number of likely N-dealkylation sites (tertiary alicyclic amines) is 1.